The molecule has 124 valence electrons. The molecule has 0 aromatic carbocycles. The van der Waals surface area contributed by atoms with Crippen LogP contribution in [0.2, 0.25) is 0 Å². The van der Waals surface area contributed by atoms with Crippen molar-refractivity contribution in [3.8, 4) is 0 Å². The molecule has 1 aliphatic carbocycles. The summed E-state index contributed by atoms with van der Waals surface area (Å²) in [5.74, 6) is 0.623. The molecule has 2 heterocycles. The van der Waals surface area contributed by atoms with Gasteiger partial charge in [-0.1, -0.05) is 13.8 Å². The number of urea groups is 1. The van der Waals surface area contributed by atoms with Gasteiger partial charge in [-0.3, -0.25) is 9.69 Å². The Morgan fingerprint density at radius 3 is 2.73 bits per heavy atom. The third-order valence-electron chi connectivity index (χ3n) is 5.39. The maximum Gasteiger partial charge on any atom is 0.326 e. The van der Waals surface area contributed by atoms with Crippen LogP contribution in [0.5, 0.6) is 0 Å². The molecule has 0 radical (unpaired) electrons. The van der Waals surface area contributed by atoms with Crippen molar-refractivity contribution in [3.63, 3.8) is 0 Å². The van der Waals surface area contributed by atoms with E-state index in [0.717, 1.165) is 45.2 Å². The number of hydrogen-bond acceptors (Lipinski definition) is 4. The molecule has 1 saturated carbocycles. The molecule has 1 unspecified atom stereocenters. The number of nitrogens with zero attached hydrogens (tertiary/aromatic N) is 2. The fraction of sp³-hybridized carbons (Fsp3) is 0.875. The van der Waals surface area contributed by atoms with E-state index < -0.39 is 5.54 Å². The van der Waals surface area contributed by atoms with E-state index in [-0.39, 0.29) is 18.0 Å². The molecule has 3 amide bonds. The molecule has 3 aliphatic rings. The lowest BCUT2D eigenvalue weighted by Gasteiger charge is -2.35. The molecule has 1 N–H and O–H groups in total. The Labute approximate surface area is 132 Å². The zero-order valence-corrected chi connectivity index (χ0v) is 13.6. The number of rotatable bonds is 3. The third-order valence-corrected chi connectivity index (χ3v) is 5.39. The standard InChI is InChI=1S/C16H27N3O3/c1-3-13-10-18(8-9-22-13)11-19-14(20)16(17-15(19)21)6-4-12(2)5-7-16/h12-13H,3-11H2,1-2H3,(H,17,21). The number of carbonyl (C=O) groups excluding carboxylic acids is 2. The van der Waals surface area contributed by atoms with E-state index in [1.165, 1.54) is 4.90 Å². The highest BCUT2D eigenvalue weighted by Crippen LogP contribution is 2.36. The number of carbonyl (C=O) groups is 2. The van der Waals surface area contributed by atoms with Crippen LogP contribution in [0.15, 0.2) is 0 Å². The Morgan fingerprint density at radius 1 is 1.32 bits per heavy atom. The molecule has 6 nitrogen and oxygen atoms in total. The normalized spacial score (nSPS) is 36.9. The molecule has 2 aliphatic heterocycles. The molecule has 0 aromatic rings. The maximum atomic E-state index is 12.8. The number of amides is 3. The van der Waals surface area contributed by atoms with Crippen molar-refractivity contribution in [2.45, 2.75) is 57.6 Å². The van der Waals surface area contributed by atoms with Crippen LogP contribution in [0.25, 0.3) is 0 Å². The highest BCUT2D eigenvalue weighted by Gasteiger charge is 2.52. The second kappa shape index (κ2) is 6.16. The van der Waals surface area contributed by atoms with Crippen LogP contribution in [0.1, 0.15) is 46.0 Å². The van der Waals surface area contributed by atoms with Crippen LogP contribution in [-0.2, 0) is 9.53 Å². The van der Waals surface area contributed by atoms with Gasteiger partial charge in [0.2, 0.25) is 0 Å². The molecule has 3 rings (SSSR count). The van der Waals surface area contributed by atoms with E-state index in [0.29, 0.717) is 19.2 Å². The van der Waals surface area contributed by atoms with Gasteiger partial charge in [-0.15, -0.1) is 0 Å². The predicted octanol–water partition coefficient (Wildman–Crippen LogP) is 1.56. The largest absolute Gasteiger partial charge is 0.376 e. The first-order chi connectivity index (χ1) is 10.5. The molecular formula is C16H27N3O3. The number of ether oxygens (including phenoxy) is 1. The van der Waals surface area contributed by atoms with E-state index in [1.54, 1.807) is 0 Å². The minimum atomic E-state index is -0.625. The lowest BCUT2D eigenvalue weighted by atomic mass is 9.77. The molecule has 1 spiro atoms. The first-order valence-corrected chi connectivity index (χ1v) is 8.52. The van der Waals surface area contributed by atoms with Crippen LogP contribution in [-0.4, -0.2) is 59.7 Å². The summed E-state index contributed by atoms with van der Waals surface area (Å²) in [5.41, 5.74) is -0.625. The van der Waals surface area contributed by atoms with Crippen molar-refractivity contribution in [1.82, 2.24) is 15.1 Å². The Balaban J connectivity index is 1.64. The minimum absolute atomic E-state index is 0.0241. The maximum absolute atomic E-state index is 12.8. The molecule has 22 heavy (non-hydrogen) atoms. The van der Waals surface area contributed by atoms with Crippen molar-refractivity contribution < 1.29 is 14.3 Å². The summed E-state index contributed by atoms with van der Waals surface area (Å²) in [6.07, 6.45) is 4.73. The molecule has 3 fully saturated rings. The Hall–Kier alpha value is -1.14. The number of hydrogen-bond donors (Lipinski definition) is 1. The van der Waals surface area contributed by atoms with E-state index in [4.69, 9.17) is 4.74 Å². The Morgan fingerprint density at radius 2 is 2.05 bits per heavy atom. The van der Waals surface area contributed by atoms with Crippen LogP contribution < -0.4 is 5.32 Å². The van der Waals surface area contributed by atoms with Crippen LogP contribution in [0.3, 0.4) is 0 Å². The number of morpholine rings is 1. The molecule has 1 atom stereocenters. The highest BCUT2D eigenvalue weighted by atomic mass is 16.5. The van der Waals surface area contributed by atoms with Gasteiger partial charge in [-0.2, -0.15) is 0 Å². The predicted molar refractivity (Wildman–Crippen MR) is 82.2 cm³/mol. The first kappa shape index (κ1) is 15.7. The summed E-state index contributed by atoms with van der Waals surface area (Å²) < 4.78 is 5.65. The average molecular weight is 309 g/mol. The summed E-state index contributed by atoms with van der Waals surface area (Å²) in [4.78, 5) is 28.7. The summed E-state index contributed by atoms with van der Waals surface area (Å²) in [7, 11) is 0. The van der Waals surface area contributed by atoms with E-state index in [2.05, 4.69) is 24.1 Å². The van der Waals surface area contributed by atoms with Crippen molar-refractivity contribution >= 4 is 11.9 Å². The average Bonchev–Trinajstić information content (AvgIpc) is 2.75. The van der Waals surface area contributed by atoms with E-state index >= 15 is 0 Å². The second-order valence-electron chi connectivity index (χ2n) is 7.05. The van der Waals surface area contributed by atoms with Gasteiger partial charge in [-0.05, 0) is 38.0 Å². The second-order valence-corrected chi connectivity index (χ2v) is 7.05. The SMILES string of the molecule is CCC1CN(CN2C(=O)NC3(CCC(C)CC3)C2=O)CCO1. The van der Waals surface area contributed by atoms with Gasteiger partial charge in [0, 0.05) is 13.1 Å². The van der Waals surface area contributed by atoms with Gasteiger partial charge in [0.25, 0.3) is 5.91 Å². The zero-order valence-electron chi connectivity index (χ0n) is 13.6. The van der Waals surface area contributed by atoms with Crippen molar-refractivity contribution in [3.05, 3.63) is 0 Å². The molecule has 0 aromatic heterocycles. The monoisotopic (exact) mass is 309 g/mol. The van der Waals surface area contributed by atoms with Crippen molar-refractivity contribution in [1.29, 1.82) is 0 Å². The zero-order chi connectivity index (χ0) is 15.7. The van der Waals surface area contributed by atoms with Crippen LogP contribution >= 0.6 is 0 Å². The topological polar surface area (TPSA) is 61.9 Å². The highest BCUT2D eigenvalue weighted by molar-refractivity contribution is 6.07. The summed E-state index contributed by atoms with van der Waals surface area (Å²) in [5, 5.41) is 2.98. The van der Waals surface area contributed by atoms with Gasteiger partial charge < -0.3 is 10.1 Å². The van der Waals surface area contributed by atoms with Crippen molar-refractivity contribution in [2.24, 2.45) is 5.92 Å². The Bertz CT molecular complexity index is 446. The van der Waals surface area contributed by atoms with E-state index in [9.17, 15) is 9.59 Å². The van der Waals surface area contributed by atoms with Gasteiger partial charge >= 0.3 is 6.03 Å². The van der Waals surface area contributed by atoms with Gasteiger partial charge in [0.05, 0.1) is 19.4 Å². The van der Waals surface area contributed by atoms with Gasteiger partial charge in [0.15, 0.2) is 0 Å². The fourth-order valence-electron chi connectivity index (χ4n) is 3.75. The number of nitrogens with one attached hydrogen (secondary N) is 1. The van der Waals surface area contributed by atoms with Gasteiger partial charge in [0.1, 0.15) is 5.54 Å². The quantitative estimate of drug-likeness (QED) is 0.804. The lowest BCUT2D eigenvalue weighted by molar-refractivity contribution is -0.135. The molecule has 2 saturated heterocycles. The fourth-order valence-corrected chi connectivity index (χ4v) is 3.75. The van der Waals surface area contributed by atoms with Gasteiger partial charge in [-0.25, -0.2) is 9.69 Å². The number of imide groups is 1. The summed E-state index contributed by atoms with van der Waals surface area (Å²) >= 11 is 0. The molecule has 6 heteroatoms. The van der Waals surface area contributed by atoms with Crippen LogP contribution in [0, 0.1) is 5.92 Å². The van der Waals surface area contributed by atoms with Crippen LogP contribution in [0.4, 0.5) is 4.79 Å². The lowest BCUT2D eigenvalue weighted by Crippen LogP contribution is -2.51. The third kappa shape index (κ3) is 2.86. The van der Waals surface area contributed by atoms with Crippen molar-refractivity contribution in [2.75, 3.05) is 26.4 Å². The van der Waals surface area contributed by atoms with E-state index in [1.807, 2.05) is 0 Å². The smallest absolute Gasteiger partial charge is 0.326 e. The Kier molecular flexibility index (Phi) is 4.41. The summed E-state index contributed by atoms with van der Waals surface area (Å²) in [6, 6.07) is -0.223. The first-order valence-electron chi connectivity index (χ1n) is 8.52. The molecule has 0 bridgehead atoms. The molecular weight excluding hydrogens is 282 g/mol. The summed E-state index contributed by atoms with van der Waals surface area (Å²) in [6.45, 7) is 6.94. The minimum Gasteiger partial charge on any atom is -0.376 e.